The van der Waals surface area contributed by atoms with Crippen molar-refractivity contribution in [3.8, 4) is 5.75 Å². The maximum atomic E-state index is 12.0. The summed E-state index contributed by atoms with van der Waals surface area (Å²) in [5.74, 6) is 2.09. The lowest BCUT2D eigenvalue weighted by molar-refractivity contribution is 0.105. The first-order valence-electron chi connectivity index (χ1n) is 8.34. The van der Waals surface area contributed by atoms with Crippen LogP contribution in [0.2, 0.25) is 0 Å². The van der Waals surface area contributed by atoms with Crippen LogP contribution in [-0.2, 0) is 6.61 Å². The number of carbonyl (C=O) groups is 1. The number of carbonyl (C=O) groups excluding carboxylic acids is 1. The average Bonchev–Trinajstić information content (AvgIpc) is 3.36. The van der Waals surface area contributed by atoms with Gasteiger partial charge in [0.2, 0.25) is 0 Å². The lowest BCUT2D eigenvalue weighted by Gasteiger charge is -2.06. The fourth-order valence-electron chi connectivity index (χ4n) is 2.66. The van der Waals surface area contributed by atoms with E-state index in [0.717, 1.165) is 21.0 Å². The van der Waals surface area contributed by atoms with Crippen molar-refractivity contribution in [3.63, 3.8) is 0 Å². The van der Waals surface area contributed by atoms with E-state index in [2.05, 4.69) is 22.0 Å². The number of halogens is 1. The quantitative estimate of drug-likeness (QED) is 0.247. The first-order chi connectivity index (χ1) is 13.2. The molecule has 0 radical (unpaired) electrons. The Morgan fingerprint density at radius 1 is 1.07 bits per heavy atom. The van der Waals surface area contributed by atoms with Crippen molar-refractivity contribution in [1.29, 1.82) is 0 Å². The van der Waals surface area contributed by atoms with Crippen LogP contribution in [0.15, 0.2) is 81.0 Å². The van der Waals surface area contributed by atoms with E-state index < -0.39 is 0 Å². The third kappa shape index (κ3) is 4.38. The molecule has 0 saturated heterocycles. The monoisotopic (exact) mass is 438 g/mol. The SMILES string of the molecule is O=C(/C=C/c1ccc(COc2ccc3cc(Br)ccc3c2)o1)c1cccs1. The number of allylic oxidation sites excluding steroid dienone is 1. The van der Waals surface area contributed by atoms with Crippen molar-refractivity contribution in [1.82, 2.24) is 0 Å². The van der Waals surface area contributed by atoms with E-state index in [0.29, 0.717) is 23.0 Å². The van der Waals surface area contributed by atoms with Gasteiger partial charge in [-0.3, -0.25) is 4.79 Å². The zero-order valence-corrected chi connectivity index (χ0v) is 16.6. The first kappa shape index (κ1) is 17.8. The molecule has 3 nitrogen and oxygen atoms in total. The van der Waals surface area contributed by atoms with Crippen molar-refractivity contribution >= 4 is 49.9 Å². The second-order valence-corrected chi connectivity index (χ2v) is 7.78. The van der Waals surface area contributed by atoms with Crippen LogP contribution in [-0.4, -0.2) is 5.78 Å². The molecule has 2 aromatic heterocycles. The van der Waals surface area contributed by atoms with Gasteiger partial charge in [-0.1, -0.05) is 34.1 Å². The summed E-state index contributed by atoms with van der Waals surface area (Å²) in [4.78, 5) is 12.7. The Bertz CT molecular complexity index is 1110. The van der Waals surface area contributed by atoms with Crippen molar-refractivity contribution in [2.75, 3.05) is 0 Å². The second kappa shape index (κ2) is 7.94. The Morgan fingerprint density at radius 3 is 2.78 bits per heavy atom. The highest BCUT2D eigenvalue weighted by Crippen LogP contribution is 2.25. The molecule has 0 spiro atoms. The molecule has 5 heteroatoms. The third-order valence-electron chi connectivity index (χ3n) is 4.00. The Balaban J connectivity index is 1.39. The molecule has 0 fully saturated rings. The topological polar surface area (TPSA) is 39.4 Å². The predicted molar refractivity (Wildman–Crippen MR) is 112 cm³/mol. The van der Waals surface area contributed by atoms with Gasteiger partial charge in [0, 0.05) is 4.47 Å². The lowest BCUT2D eigenvalue weighted by Crippen LogP contribution is -1.93. The van der Waals surface area contributed by atoms with Gasteiger partial charge < -0.3 is 9.15 Å². The fourth-order valence-corrected chi connectivity index (χ4v) is 3.68. The molecule has 0 aliphatic heterocycles. The number of rotatable bonds is 6. The molecule has 0 atom stereocenters. The molecule has 2 heterocycles. The molecule has 0 N–H and O–H groups in total. The van der Waals surface area contributed by atoms with Crippen LogP contribution >= 0.6 is 27.3 Å². The standard InChI is InChI=1S/C22H15BrO3S/c23-17-5-3-16-13-19(6-4-15(16)12-17)25-14-20-8-7-18(26-20)9-10-21(24)22-2-1-11-27-22/h1-13H,14H2/b10-9+. The fraction of sp³-hybridized carbons (Fsp3) is 0.0455. The molecule has 4 rings (SSSR count). The van der Waals surface area contributed by atoms with E-state index in [1.807, 2.05) is 53.9 Å². The van der Waals surface area contributed by atoms with E-state index in [4.69, 9.17) is 9.15 Å². The van der Waals surface area contributed by atoms with E-state index in [9.17, 15) is 4.79 Å². The van der Waals surface area contributed by atoms with Gasteiger partial charge in [0.05, 0.1) is 4.88 Å². The van der Waals surface area contributed by atoms with E-state index in [1.165, 1.54) is 17.4 Å². The largest absolute Gasteiger partial charge is 0.486 e. The summed E-state index contributed by atoms with van der Waals surface area (Å²) in [5, 5.41) is 4.15. The number of ether oxygens (including phenoxy) is 1. The van der Waals surface area contributed by atoms with Crippen LogP contribution in [0, 0.1) is 0 Å². The normalized spacial score (nSPS) is 11.3. The summed E-state index contributed by atoms with van der Waals surface area (Å²) in [6, 6.07) is 19.5. The van der Waals surface area contributed by atoms with Crippen LogP contribution < -0.4 is 4.74 Å². The van der Waals surface area contributed by atoms with E-state index >= 15 is 0 Å². The van der Waals surface area contributed by atoms with Crippen LogP contribution in [0.5, 0.6) is 5.75 Å². The van der Waals surface area contributed by atoms with Gasteiger partial charge >= 0.3 is 0 Å². The molecule has 27 heavy (non-hydrogen) atoms. The first-order valence-corrected chi connectivity index (χ1v) is 10.0. The molecule has 134 valence electrons. The van der Waals surface area contributed by atoms with Crippen molar-refractivity contribution in [3.05, 3.63) is 93.0 Å². The van der Waals surface area contributed by atoms with Crippen LogP contribution in [0.3, 0.4) is 0 Å². The number of hydrogen-bond donors (Lipinski definition) is 0. The van der Waals surface area contributed by atoms with Gasteiger partial charge in [-0.15, -0.1) is 11.3 Å². The summed E-state index contributed by atoms with van der Waals surface area (Å²) >= 11 is 4.90. The summed E-state index contributed by atoms with van der Waals surface area (Å²) in [6.45, 7) is 0.328. The minimum atomic E-state index is -0.0259. The highest BCUT2D eigenvalue weighted by atomic mass is 79.9. The number of fused-ring (bicyclic) bond motifs is 1. The Labute approximate surface area is 169 Å². The predicted octanol–water partition coefficient (Wildman–Crippen LogP) is 6.73. The zero-order valence-electron chi connectivity index (χ0n) is 14.2. The smallest absolute Gasteiger partial charge is 0.195 e. The minimum Gasteiger partial charge on any atom is -0.486 e. The van der Waals surface area contributed by atoms with Gasteiger partial charge in [0.25, 0.3) is 0 Å². The van der Waals surface area contributed by atoms with E-state index in [1.54, 1.807) is 12.1 Å². The van der Waals surface area contributed by atoms with Gasteiger partial charge in [-0.05, 0) is 70.8 Å². The Morgan fingerprint density at radius 2 is 1.93 bits per heavy atom. The van der Waals surface area contributed by atoms with Gasteiger partial charge in [0.15, 0.2) is 5.78 Å². The minimum absolute atomic E-state index is 0.0259. The zero-order chi connectivity index (χ0) is 18.6. The Hall–Kier alpha value is -2.63. The molecule has 0 aliphatic rings. The van der Waals surface area contributed by atoms with Crippen molar-refractivity contribution < 1.29 is 13.9 Å². The molecular formula is C22H15BrO3S. The van der Waals surface area contributed by atoms with Gasteiger partial charge in [-0.2, -0.15) is 0 Å². The molecule has 0 aliphatic carbocycles. The highest BCUT2D eigenvalue weighted by Gasteiger charge is 2.05. The average molecular weight is 439 g/mol. The Kier molecular flexibility index (Phi) is 5.23. The number of thiophene rings is 1. The highest BCUT2D eigenvalue weighted by molar-refractivity contribution is 9.10. The molecular weight excluding hydrogens is 424 g/mol. The summed E-state index contributed by atoms with van der Waals surface area (Å²) in [6.07, 6.45) is 3.20. The van der Waals surface area contributed by atoms with Crippen molar-refractivity contribution in [2.45, 2.75) is 6.61 Å². The van der Waals surface area contributed by atoms with Crippen LogP contribution in [0.4, 0.5) is 0 Å². The van der Waals surface area contributed by atoms with Crippen molar-refractivity contribution in [2.24, 2.45) is 0 Å². The number of furan rings is 1. The third-order valence-corrected chi connectivity index (χ3v) is 5.38. The van der Waals surface area contributed by atoms with E-state index in [-0.39, 0.29) is 5.78 Å². The second-order valence-electron chi connectivity index (χ2n) is 5.92. The summed E-state index contributed by atoms with van der Waals surface area (Å²) in [5.41, 5.74) is 0. The maximum absolute atomic E-state index is 12.0. The molecule has 0 unspecified atom stereocenters. The summed E-state index contributed by atoms with van der Waals surface area (Å²) < 4.78 is 12.6. The molecule has 2 aromatic carbocycles. The summed E-state index contributed by atoms with van der Waals surface area (Å²) in [7, 11) is 0. The number of hydrogen-bond acceptors (Lipinski definition) is 4. The molecule has 0 amide bonds. The van der Waals surface area contributed by atoms with Gasteiger partial charge in [-0.25, -0.2) is 0 Å². The molecule has 0 saturated carbocycles. The van der Waals surface area contributed by atoms with Crippen LogP contribution in [0.1, 0.15) is 21.2 Å². The van der Waals surface area contributed by atoms with Gasteiger partial charge in [0.1, 0.15) is 23.9 Å². The molecule has 4 aromatic rings. The maximum Gasteiger partial charge on any atom is 0.195 e. The number of ketones is 1. The number of benzene rings is 2. The molecule has 0 bridgehead atoms. The van der Waals surface area contributed by atoms with Crippen LogP contribution in [0.25, 0.3) is 16.8 Å². The lowest BCUT2D eigenvalue weighted by atomic mass is 10.1.